The first-order chi connectivity index (χ1) is 9.08. The first-order valence-corrected chi connectivity index (χ1v) is 6.95. The zero-order valence-corrected chi connectivity index (χ0v) is 11.8. The molecule has 1 saturated heterocycles. The number of ketones is 1. The molecule has 0 radical (unpaired) electrons. The van der Waals surface area contributed by atoms with Gasteiger partial charge in [0.05, 0.1) is 6.04 Å². The lowest BCUT2D eigenvalue weighted by molar-refractivity contribution is 0.0953. The summed E-state index contributed by atoms with van der Waals surface area (Å²) in [6.07, 6.45) is 2.05. The minimum Gasteiger partial charge on any atom is -0.358 e. The number of nitrogens with one attached hydrogen (secondary N) is 2. The minimum absolute atomic E-state index is 0.00137. The molecule has 0 saturated carbocycles. The van der Waals surface area contributed by atoms with Gasteiger partial charge in [-0.25, -0.2) is 0 Å². The van der Waals surface area contributed by atoms with Crippen LogP contribution in [0, 0.1) is 20.8 Å². The van der Waals surface area contributed by atoms with Crippen LogP contribution in [0.1, 0.15) is 40.0 Å². The van der Waals surface area contributed by atoms with Gasteiger partial charge in [0.2, 0.25) is 0 Å². The fourth-order valence-electron chi connectivity index (χ4n) is 3.18. The highest BCUT2D eigenvalue weighted by Gasteiger charge is 2.27. The molecule has 100 valence electrons. The molecule has 2 aromatic rings. The molecule has 2 N–H and O–H groups in total. The minimum atomic E-state index is -0.00137. The Hall–Kier alpha value is -1.61. The number of aromatic amines is 1. The van der Waals surface area contributed by atoms with E-state index in [-0.39, 0.29) is 11.8 Å². The van der Waals surface area contributed by atoms with Crippen molar-refractivity contribution in [3.63, 3.8) is 0 Å². The van der Waals surface area contributed by atoms with E-state index < -0.39 is 0 Å². The second-order valence-electron chi connectivity index (χ2n) is 5.64. The number of carbonyl (C=O) groups excluding carboxylic acids is 1. The number of aromatic nitrogens is 1. The molecule has 1 unspecified atom stereocenters. The quantitative estimate of drug-likeness (QED) is 0.811. The Bertz CT molecular complexity index is 648. The zero-order chi connectivity index (χ0) is 13.6. The van der Waals surface area contributed by atoms with Crippen molar-refractivity contribution in [2.75, 3.05) is 6.54 Å². The average molecular weight is 256 g/mol. The molecule has 2 heterocycles. The molecule has 0 bridgehead atoms. The van der Waals surface area contributed by atoms with Crippen molar-refractivity contribution in [1.82, 2.24) is 10.3 Å². The summed E-state index contributed by atoms with van der Waals surface area (Å²) in [6, 6.07) is 4.27. The first-order valence-electron chi connectivity index (χ1n) is 6.95. The first kappa shape index (κ1) is 12.4. The molecular formula is C16H20N2O. The van der Waals surface area contributed by atoms with E-state index in [9.17, 15) is 4.79 Å². The number of H-pyrrole nitrogens is 1. The third-order valence-corrected chi connectivity index (χ3v) is 4.06. The molecule has 1 aromatic carbocycles. The number of rotatable bonds is 2. The van der Waals surface area contributed by atoms with Gasteiger partial charge >= 0.3 is 0 Å². The molecule has 1 aliphatic rings. The molecule has 1 fully saturated rings. The monoisotopic (exact) mass is 256 g/mol. The van der Waals surface area contributed by atoms with Crippen molar-refractivity contribution in [3.05, 3.63) is 34.5 Å². The number of hydrogen-bond acceptors (Lipinski definition) is 2. The second-order valence-corrected chi connectivity index (χ2v) is 5.64. The molecule has 3 nitrogen and oxygen atoms in total. The topological polar surface area (TPSA) is 44.9 Å². The average Bonchev–Trinajstić information content (AvgIpc) is 2.95. The van der Waals surface area contributed by atoms with Crippen LogP contribution in [0.15, 0.2) is 12.1 Å². The van der Waals surface area contributed by atoms with Gasteiger partial charge in [0.15, 0.2) is 5.78 Å². The Morgan fingerprint density at radius 3 is 2.74 bits per heavy atom. The van der Waals surface area contributed by atoms with Crippen LogP contribution in [0.5, 0.6) is 0 Å². The molecule has 0 amide bonds. The largest absolute Gasteiger partial charge is 0.358 e. The maximum Gasteiger partial charge on any atom is 0.182 e. The van der Waals surface area contributed by atoms with Gasteiger partial charge in [-0.3, -0.25) is 4.79 Å². The Kier molecular flexibility index (Phi) is 2.94. The van der Waals surface area contributed by atoms with Crippen molar-refractivity contribution < 1.29 is 4.79 Å². The molecule has 1 aliphatic heterocycles. The standard InChI is InChI=1S/C16H20N2O/c1-9-7-10(2)15-12(8-9)14(11(3)18-15)16(19)13-5-4-6-17-13/h7-8,13,17-18H,4-6H2,1-3H3. The van der Waals surface area contributed by atoms with E-state index in [1.807, 2.05) is 6.92 Å². The van der Waals surface area contributed by atoms with Crippen LogP contribution in [-0.4, -0.2) is 23.4 Å². The van der Waals surface area contributed by atoms with Crippen molar-refractivity contribution >= 4 is 16.7 Å². The Morgan fingerprint density at radius 1 is 1.26 bits per heavy atom. The van der Waals surface area contributed by atoms with E-state index >= 15 is 0 Å². The van der Waals surface area contributed by atoms with E-state index in [4.69, 9.17) is 0 Å². The number of fused-ring (bicyclic) bond motifs is 1. The summed E-state index contributed by atoms with van der Waals surface area (Å²) < 4.78 is 0. The maximum absolute atomic E-state index is 12.7. The van der Waals surface area contributed by atoms with Crippen LogP contribution >= 0.6 is 0 Å². The van der Waals surface area contributed by atoms with E-state index in [1.165, 1.54) is 11.1 Å². The molecule has 1 aromatic heterocycles. The van der Waals surface area contributed by atoms with E-state index in [1.54, 1.807) is 0 Å². The summed E-state index contributed by atoms with van der Waals surface area (Å²) in [5.74, 6) is 0.242. The van der Waals surface area contributed by atoms with Gasteiger partial charge in [-0.15, -0.1) is 0 Å². The molecule has 3 heteroatoms. The van der Waals surface area contributed by atoms with Gasteiger partial charge in [-0.1, -0.05) is 11.6 Å². The number of hydrogen-bond donors (Lipinski definition) is 2. The number of aryl methyl sites for hydroxylation is 3. The number of carbonyl (C=O) groups is 1. The van der Waals surface area contributed by atoms with Gasteiger partial charge in [0.25, 0.3) is 0 Å². The van der Waals surface area contributed by atoms with Crippen molar-refractivity contribution in [2.24, 2.45) is 0 Å². The van der Waals surface area contributed by atoms with Crippen LogP contribution < -0.4 is 5.32 Å². The highest BCUT2D eigenvalue weighted by Crippen LogP contribution is 2.28. The number of Topliss-reactive ketones (excluding diaryl/α,β-unsaturated/α-hetero) is 1. The highest BCUT2D eigenvalue weighted by atomic mass is 16.1. The molecule has 19 heavy (non-hydrogen) atoms. The summed E-state index contributed by atoms with van der Waals surface area (Å²) in [4.78, 5) is 16.1. The van der Waals surface area contributed by atoms with Crippen molar-refractivity contribution in [3.8, 4) is 0 Å². The summed E-state index contributed by atoms with van der Waals surface area (Å²) in [5, 5.41) is 4.38. The van der Waals surface area contributed by atoms with E-state index in [0.717, 1.165) is 41.5 Å². The Morgan fingerprint density at radius 2 is 2.05 bits per heavy atom. The van der Waals surface area contributed by atoms with Gasteiger partial charge in [-0.2, -0.15) is 0 Å². The molecule has 0 spiro atoms. The predicted molar refractivity (Wildman–Crippen MR) is 77.9 cm³/mol. The fraction of sp³-hybridized carbons (Fsp3) is 0.438. The molecule has 0 aliphatic carbocycles. The van der Waals surface area contributed by atoms with Gasteiger partial charge in [-0.05, 0) is 51.8 Å². The van der Waals surface area contributed by atoms with Crippen LogP contribution in [-0.2, 0) is 0 Å². The third-order valence-electron chi connectivity index (χ3n) is 4.06. The maximum atomic E-state index is 12.7. The zero-order valence-electron chi connectivity index (χ0n) is 11.8. The van der Waals surface area contributed by atoms with Gasteiger partial charge in [0.1, 0.15) is 0 Å². The van der Waals surface area contributed by atoms with Gasteiger partial charge in [0, 0.05) is 22.2 Å². The van der Waals surface area contributed by atoms with Crippen molar-refractivity contribution in [1.29, 1.82) is 0 Å². The van der Waals surface area contributed by atoms with Crippen molar-refractivity contribution in [2.45, 2.75) is 39.7 Å². The molecular weight excluding hydrogens is 236 g/mol. The molecule has 1 atom stereocenters. The van der Waals surface area contributed by atoms with E-state index in [2.05, 4.69) is 36.3 Å². The lowest BCUT2D eigenvalue weighted by Gasteiger charge is -2.09. The number of benzene rings is 1. The van der Waals surface area contributed by atoms with Gasteiger partial charge < -0.3 is 10.3 Å². The summed E-state index contributed by atoms with van der Waals surface area (Å²) in [5.41, 5.74) is 5.38. The fourth-order valence-corrected chi connectivity index (χ4v) is 3.18. The second kappa shape index (κ2) is 4.49. The Balaban J connectivity index is 2.17. The highest BCUT2D eigenvalue weighted by molar-refractivity contribution is 6.12. The lowest BCUT2D eigenvalue weighted by atomic mass is 9.98. The lowest BCUT2D eigenvalue weighted by Crippen LogP contribution is -2.31. The Labute approximate surface area is 113 Å². The molecule has 3 rings (SSSR count). The van der Waals surface area contributed by atoms with Crippen LogP contribution in [0.3, 0.4) is 0 Å². The van der Waals surface area contributed by atoms with Crippen LogP contribution in [0.2, 0.25) is 0 Å². The summed E-state index contributed by atoms with van der Waals surface area (Å²) >= 11 is 0. The van der Waals surface area contributed by atoms with Crippen LogP contribution in [0.25, 0.3) is 10.9 Å². The normalized spacial score (nSPS) is 19.2. The third kappa shape index (κ3) is 1.98. The summed E-state index contributed by atoms with van der Waals surface area (Å²) in [7, 11) is 0. The van der Waals surface area contributed by atoms with E-state index in [0.29, 0.717) is 0 Å². The SMILES string of the molecule is Cc1cc(C)c2[nH]c(C)c(C(=O)C3CCCN3)c2c1. The smallest absolute Gasteiger partial charge is 0.182 e. The predicted octanol–water partition coefficient (Wildman–Crippen LogP) is 3.03. The van der Waals surface area contributed by atoms with Crippen LogP contribution in [0.4, 0.5) is 0 Å². The summed E-state index contributed by atoms with van der Waals surface area (Å²) in [6.45, 7) is 7.12.